The average Bonchev–Trinajstić information content (AvgIpc) is 3.31. The molecule has 3 aromatic rings. The minimum Gasteiger partial charge on any atom is -0.485 e. The number of aliphatic hydroxyl groups is 1. The van der Waals surface area contributed by atoms with Crippen LogP contribution in [0.15, 0.2) is 46.9 Å². The monoisotopic (exact) mass is 413 g/mol. The molecule has 1 aliphatic heterocycles. The van der Waals surface area contributed by atoms with Gasteiger partial charge in [-0.1, -0.05) is 24.3 Å². The Balaban J connectivity index is 1.25. The van der Waals surface area contributed by atoms with Crippen LogP contribution in [0.5, 0.6) is 5.75 Å². The standard InChI is InChI=1S/C24H25F2NO3/c1-14-6-7-21(24(26)23(14)25)30-22-10-17-12-27(11-16(17)9-19(22)28)13-18-8-15-4-2-3-5-20(15)29-18/h2-8,16-17,19,22,28H,9-13H2,1H3/t16-,17+,19+,22+/m0/s1. The van der Waals surface area contributed by atoms with Crippen LogP contribution < -0.4 is 4.74 Å². The van der Waals surface area contributed by atoms with Gasteiger partial charge in [0, 0.05) is 18.5 Å². The van der Waals surface area contributed by atoms with Gasteiger partial charge in [0.1, 0.15) is 17.4 Å². The molecule has 1 saturated carbocycles. The number of nitrogens with zero attached hydrogens (tertiary/aromatic N) is 1. The van der Waals surface area contributed by atoms with Gasteiger partial charge in [0.05, 0.1) is 12.6 Å². The van der Waals surface area contributed by atoms with E-state index in [1.54, 1.807) is 0 Å². The van der Waals surface area contributed by atoms with Crippen LogP contribution in [0.1, 0.15) is 24.2 Å². The number of hydrogen-bond donors (Lipinski definition) is 1. The summed E-state index contributed by atoms with van der Waals surface area (Å²) >= 11 is 0. The molecule has 158 valence electrons. The highest BCUT2D eigenvalue weighted by Gasteiger charge is 2.43. The minimum atomic E-state index is -0.984. The average molecular weight is 413 g/mol. The molecule has 4 nitrogen and oxygen atoms in total. The number of aryl methyl sites for hydroxylation is 1. The molecule has 5 rings (SSSR count). The quantitative estimate of drug-likeness (QED) is 0.675. The molecular weight excluding hydrogens is 388 g/mol. The summed E-state index contributed by atoms with van der Waals surface area (Å²) in [6.07, 6.45) is -0.00514. The van der Waals surface area contributed by atoms with Crippen LogP contribution in [0.3, 0.4) is 0 Å². The van der Waals surface area contributed by atoms with E-state index in [1.807, 2.05) is 24.3 Å². The summed E-state index contributed by atoms with van der Waals surface area (Å²) in [7, 11) is 0. The summed E-state index contributed by atoms with van der Waals surface area (Å²) in [6, 6.07) is 13.0. The van der Waals surface area contributed by atoms with E-state index in [9.17, 15) is 13.9 Å². The Bertz CT molecular complexity index is 1030. The molecule has 1 saturated heterocycles. The minimum absolute atomic E-state index is 0.127. The first kappa shape index (κ1) is 19.5. The zero-order valence-corrected chi connectivity index (χ0v) is 16.9. The number of halogens is 2. The van der Waals surface area contributed by atoms with Crippen LogP contribution in [0.2, 0.25) is 0 Å². The third kappa shape index (κ3) is 3.59. The normalized spacial score (nSPS) is 26.8. The lowest BCUT2D eigenvalue weighted by atomic mass is 9.78. The van der Waals surface area contributed by atoms with Crippen molar-refractivity contribution in [1.29, 1.82) is 0 Å². The van der Waals surface area contributed by atoms with Crippen molar-refractivity contribution < 1.29 is 23.0 Å². The van der Waals surface area contributed by atoms with Crippen LogP contribution in [-0.2, 0) is 6.54 Å². The lowest BCUT2D eigenvalue weighted by Gasteiger charge is -2.35. The van der Waals surface area contributed by atoms with Crippen molar-refractivity contribution in [2.24, 2.45) is 11.8 Å². The van der Waals surface area contributed by atoms with Gasteiger partial charge in [0.25, 0.3) is 0 Å². The van der Waals surface area contributed by atoms with Crippen molar-refractivity contribution in [1.82, 2.24) is 4.90 Å². The predicted molar refractivity (Wildman–Crippen MR) is 109 cm³/mol. The number of likely N-dealkylation sites (tertiary alicyclic amines) is 1. The topological polar surface area (TPSA) is 45.8 Å². The van der Waals surface area contributed by atoms with Crippen molar-refractivity contribution in [2.45, 2.75) is 38.5 Å². The van der Waals surface area contributed by atoms with Crippen LogP contribution in [0, 0.1) is 30.4 Å². The van der Waals surface area contributed by atoms with E-state index in [0.717, 1.165) is 36.4 Å². The zero-order chi connectivity index (χ0) is 20.8. The Morgan fingerprint density at radius 3 is 2.63 bits per heavy atom. The maximum absolute atomic E-state index is 14.2. The number of benzene rings is 2. The number of hydrogen-bond acceptors (Lipinski definition) is 4. The highest BCUT2D eigenvalue weighted by molar-refractivity contribution is 5.77. The summed E-state index contributed by atoms with van der Waals surface area (Å²) < 4.78 is 39.7. The largest absolute Gasteiger partial charge is 0.485 e. The molecule has 4 atom stereocenters. The second kappa shape index (κ2) is 7.67. The summed E-state index contributed by atoms with van der Waals surface area (Å²) in [4.78, 5) is 2.34. The van der Waals surface area contributed by atoms with Crippen LogP contribution in [0.25, 0.3) is 11.0 Å². The van der Waals surface area contributed by atoms with E-state index in [2.05, 4.69) is 11.0 Å². The summed E-state index contributed by atoms with van der Waals surface area (Å²) in [5.41, 5.74) is 1.13. The molecule has 0 amide bonds. The first-order chi connectivity index (χ1) is 14.5. The van der Waals surface area contributed by atoms with Crippen molar-refractivity contribution >= 4 is 11.0 Å². The van der Waals surface area contributed by atoms with Crippen LogP contribution in [-0.4, -0.2) is 35.3 Å². The number of aliphatic hydroxyl groups excluding tert-OH is 1. The lowest BCUT2D eigenvalue weighted by Crippen LogP contribution is -2.42. The first-order valence-corrected chi connectivity index (χ1v) is 10.5. The van der Waals surface area contributed by atoms with Crippen molar-refractivity contribution in [3.8, 4) is 5.75 Å². The fourth-order valence-corrected chi connectivity index (χ4v) is 4.96. The Morgan fingerprint density at radius 1 is 1.07 bits per heavy atom. The Kier molecular flexibility index (Phi) is 4.99. The summed E-state index contributed by atoms with van der Waals surface area (Å²) in [5, 5.41) is 11.7. The molecule has 0 unspecified atom stereocenters. The Hall–Kier alpha value is -2.44. The molecule has 1 N–H and O–H groups in total. The molecule has 0 bridgehead atoms. The van der Waals surface area contributed by atoms with Gasteiger partial charge in [-0.15, -0.1) is 0 Å². The fourth-order valence-electron chi connectivity index (χ4n) is 4.96. The van der Waals surface area contributed by atoms with Crippen molar-refractivity contribution in [2.75, 3.05) is 13.1 Å². The van der Waals surface area contributed by atoms with Crippen molar-refractivity contribution in [3.63, 3.8) is 0 Å². The first-order valence-electron chi connectivity index (χ1n) is 10.5. The lowest BCUT2D eigenvalue weighted by molar-refractivity contribution is -0.0249. The van der Waals surface area contributed by atoms with E-state index < -0.39 is 23.8 Å². The smallest absolute Gasteiger partial charge is 0.200 e. The van der Waals surface area contributed by atoms with E-state index in [0.29, 0.717) is 24.7 Å². The second-order valence-electron chi connectivity index (χ2n) is 8.67. The van der Waals surface area contributed by atoms with Gasteiger partial charge in [0.2, 0.25) is 5.82 Å². The van der Waals surface area contributed by atoms with Gasteiger partial charge in [-0.2, -0.15) is 4.39 Å². The molecule has 30 heavy (non-hydrogen) atoms. The van der Waals surface area contributed by atoms with Gasteiger partial charge in [-0.25, -0.2) is 4.39 Å². The van der Waals surface area contributed by atoms with E-state index in [4.69, 9.17) is 9.15 Å². The molecule has 2 fully saturated rings. The zero-order valence-electron chi connectivity index (χ0n) is 16.9. The summed E-state index contributed by atoms with van der Waals surface area (Å²) in [5.74, 6) is -0.362. The molecular formula is C24H25F2NO3. The predicted octanol–water partition coefficient (Wildman–Crippen LogP) is 4.67. The maximum atomic E-state index is 14.2. The molecule has 2 aliphatic rings. The number of rotatable bonds is 4. The van der Waals surface area contributed by atoms with Crippen LogP contribution >= 0.6 is 0 Å². The molecule has 6 heteroatoms. The molecule has 2 aromatic carbocycles. The molecule has 0 spiro atoms. The highest BCUT2D eigenvalue weighted by Crippen LogP contribution is 2.39. The van der Waals surface area contributed by atoms with Gasteiger partial charge in [-0.3, -0.25) is 4.90 Å². The van der Waals surface area contributed by atoms with E-state index in [-0.39, 0.29) is 11.3 Å². The van der Waals surface area contributed by atoms with E-state index in [1.165, 1.54) is 19.1 Å². The molecule has 2 heterocycles. The SMILES string of the molecule is Cc1ccc(O[C@@H]2C[C@@H]3CN(Cc4cc5ccccc5o4)C[C@@H]3C[C@H]2O)c(F)c1F. The number of para-hydroxylation sites is 1. The summed E-state index contributed by atoms with van der Waals surface area (Å²) in [6.45, 7) is 4.00. The molecule has 0 radical (unpaired) electrons. The molecule has 1 aliphatic carbocycles. The third-order valence-electron chi connectivity index (χ3n) is 6.53. The van der Waals surface area contributed by atoms with Crippen LogP contribution in [0.4, 0.5) is 8.78 Å². The third-order valence-corrected chi connectivity index (χ3v) is 6.53. The molecule has 1 aromatic heterocycles. The van der Waals surface area contributed by atoms with Gasteiger partial charge < -0.3 is 14.3 Å². The van der Waals surface area contributed by atoms with Gasteiger partial charge in [-0.05, 0) is 55.4 Å². The van der Waals surface area contributed by atoms with E-state index >= 15 is 0 Å². The Labute approximate surface area is 174 Å². The fraction of sp³-hybridized carbons (Fsp3) is 0.417. The second-order valence-corrected chi connectivity index (χ2v) is 8.67. The van der Waals surface area contributed by atoms with Crippen molar-refractivity contribution in [3.05, 3.63) is 65.4 Å². The van der Waals surface area contributed by atoms with Gasteiger partial charge in [0.15, 0.2) is 11.6 Å². The number of fused-ring (bicyclic) bond motifs is 2. The Morgan fingerprint density at radius 2 is 1.83 bits per heavy atom. The maximum Gasteiger partial charge on any atom is 0.200 e. The number of furan rings is 1. The number of ether oxygens (including phenoxy) is 1. The van der Waals surface area contributed by atoms with Gasteiger partial charge >= 0.3 is 0 Å². The highest BCUT2D eigenvalue weighted by atomic mass is 19.2.